The molecule has 0 bridgehead atoms. The highest BCUT2D eigenvalue weighted by Crippen LogP contribution is 2.54. The number of fused-ring (bicyclic) bond motifs is 5. The number of hydrogen-bond acceptors (Lipinski definition) is 24. The molecule has 0 amide bonds. The number of nitrogens with zero attached hydrogens (tertiary/aromatic N) is 20. The molecule has 1 unspecified atom stereocenters. The van der Waals surface area contributed by atoms with Crippen molar-refractivity contribution in [3.8, 4) is 55.1 Å². The summed E-state index contributed by atoms with van der Waals surface area (Å²) < 4.78 is 114. The van der Waals surface area contributed by atoms with Crippen LogP contribution in [0.15, 0.2) is 165 Å². The number of ketones is 5. The van der Waals surface area contributed by atoms with Crippen LogP contribution in [0.3, 0.4) is 0 Å². The molecular formula is C112H123F7N20O7S. The van der Waals surface area contributed by atoms with E-state index in [9.17, 15) is 54.7 Å². The van der Waals surface area contributed by atoms with Crippen LogP contribution < -0.4 is 0 Å². The van der Waals surface area contributed by atoms with E-state index in [0.29, 0.717) is 94.0 Å². The number of morpholine rings is 2. The number of benzene rings is 5. The van der Waals surface area contributed by atoms with Gasteiger partial charge >= 0.3 is 12.4 Å². The van der Waals surface area contributed by atoms with E-state index < -0.39 is 36.8 Å². The monoisotopic (exact) mass is 2020 g/mol. The third-order valence-electron chi connectivity index (χ3n) is 29.5. The Morgan fingerprint density at radius 2 is 0.782 bits per heavy atom. The molecule has 5 atom stereocenters. The standard InChI is InChI=1S/C23H25F3N4O2.2C23H26N4O.C22H25FN4O.C21H21F3N4O2S/c1-13-10-30(12-22(32-13)23(24,25)26)11-16-5-6-17-18(19-9-27-29(4)14(19)2)8-20(15(3)31)28-21(17)7-16;1-16(28)21-12-20(18-13-24-26(2)15-18)19-4-3-17(11-22(19)25-21)14-27-9-7-23(5-6-23)8-10-27;1-16(28)21-12-20(18-13-24-26(2)15-18)19-6-5-17(11-22(19)25-21)14-27-10-4-3-7-23(27)8-9-23;1-15(28)21-10-20(17-12-24-26(2)14-17)19-7-6-16(9-22(19)25-21)13-27-8-4-3-5-18(27)11-23;1-11-8-28(10-19(30-11)21(22,23)24)9-14-4-5-15-16(20-25-13(3)27-31-20)7-17(12(2)29)26-18(15)6-14/h5-9,13,22H,10-12H2,1-4H3;3-4,11-13,15H,5-10,14H2,1-2H3;5-6,11-13,15H,3-4,7-10,14H2,1-2H3;6-7,9-10,12,14,18H,3-5,8,11,13H2,1-2H3;4-7,11,19H,8-10H2,1-3H3/t13-,22-;;;;11-,19-/m1...1/s1. The summed E-state index contributed by atoms with van der Waals surface area (Å²) in [6.07, 6.45) is 15.1. The SMILES string of the molecule is CC(=O)c1cc(-c2cnn(C)c2)c2ccc(CN3CCC4(CC3)CC4)cc2n1.CC(=O)c1cc(-c2cnn(C)c2)c2ccc(CN3CCCCC34CC4)cc2n1.CC(=O)c1cc(-c2cnn(C)c2)c2ccc(CN3CCCCC3CF)cc2n1.CC(=O)c1cc(-c2cnn(C)c2C)c2ccc(CN3C[C@@H](C)O[C@@H](C(F)(F)F)C3)cc2n1.CC(=O)c1cc(-c2nc(C)ns2)c2ccc(CN3C[C@@H](C)O[C@@H](C(F)(F)F)C3)cc2n1. The third kappa shape index (κ3) is 24.4. The number of ether oxygens (including phenoxy) is 2. The van der Waals surface area contributed by atoms with E-state index in [4.69, 9.17) is 9.47 Å². The minimum atomic E-state index is -4.40. The number of likely N-dealkylation sites (tertiary alicyclic amines) is 3. The summed E-state index contributed by atoms with van der Waals surface area (Å²) in [6, 6.07) is 39.6. The first-order chi connectivity index (χ1) is 70.2. The van der Waals surface area contributed by atoms with E-state index in [2.05, 4.69) is 118 Å². The number of Topliss-reactive ketones (excluding diaryl/α,β-unsaturated/α-hetero) is 5. The predicted octanol–water partition coefficient (Wildman–Crippen LogP) is 21.4. The lowest BCUT2D eigenvalue weighted by Gasteiger charge is -2.37. The first kappa shape index (κ1) is 104. The molecule has 147 heavy (non-hydrogen) atoms. The smallest absolute Gasteiger partial charge is 0.363 e. The van der Waals surface area contributed by atoms with Crippen molar-refractivity contribution in [2.75, 3.05) is 59.0 Å². The Hall–Kier alpha value is -12.9. The zero-order valence-corrected chi connectivity index (χ0v) is 86.0. The summed E-state index contributed by atoms with van der Waals surface area (Å²) in [5.41, 5.74) is 21.8. The van der Waals surface area contributed by atoms with E-state index >= 15 is 0 Å². The Bertz CT molecular complexity index is 7460. The van der Waals surface area contributed by atoms with Gasteiger partial charge in [-0.1, -0.05) is 73.5 Å². The van der Waals surface area contributed by atoms with Crippen LogP contribution in [0.5, 0.6) is 0 Å². The largest absolute Gasteiger partial charge is 0.415 e. The molecule has 5 saturated heterocycles. The first-order valence-electron chi connectivity index (χ1n) is 50.4. The van der Waals surface area contributed by atoms with Crippen LogP contribution in [0, 0.1) is 19.3 Å². The molecule has 22 rings (SSSR count). The highest BCUT2D eigenvalue weighted by molar-refractivity contribution is 7.09. The molecule has 10 aromatic heterocycles. The van der Waals surface area contributed by atoms with Gasteiger partial charge in [-0.3, -0.25) is 67.2 Å². The van der Waals surface area contributed by atoms with E-state index in [1.54, 1.807) is 87.7 Å². The Balaban J connectivity index is 0.000000120. The molecule has 15 heterocycles. The van der Waals surface area contributed by atoms with Gasteiger partial charge in [0, 0.05) is 212 Å². The van der Waals surface area contributed by atoms with Crippen LogP contribution in [0.1, 0.15) is 217 Å². The molecule has 5 aromatic carbocycles. The van der Waals surface area contributed by atoms with Crippen LogP contribution in [-0.4, -0.2) is 234 Å². The van der Waals surface area contributed by atoms with Gasteiger partial charge < -0.3 is 9.47 Å². The van der Waals surface area contributed by atoms with Crippen molar-refractivity contribution in [3.63, 3.8) is 0 Å². The molecule has 2 saturated carbocycles. The minimum absolute atomic E-state index is 0.00640. The molecule has 2 aliphatic carbocycles. The summed E-state index contributed by atoms with van der Waals surface area (Å²) in [5, 5.41) is 22.6. The Morgan fingerprint density at radius 1 is 0.401 bits per heavy atom. The van der Waals surface area contributed by atoms with Crippen LogP contribution in [0.2, 0.25) is 0 Å². The van der Waals surface area contributed by atoms with Gasteiger partial charge in [0.25, 0.3) is 0 Å². The Morgan fingerprint density at radius 3 is 1.14 bits per heavy atom. The molecule has 7 fully saturated rings. The number of halogens is 7. The fourth-order valence-corrected chi connectivity index (χ4v) is 21.8. The maximum absolute atomic E-state index is 13.4. The average molecular weight is 2030 g/mol. The van der Waals surface area contributed by atoms with E-state index in [1.807, 2.05) is 127 Å². The van der Waals surface area contributed by atoms with Crippen molar-refractivity contribution in [1.29, 1.82) is 0 Å². The van der Waals surface area contributed by atoms with Crippen molar-refractivity contribution >= 4 is 95.0 Å². The number of aromatic nitrogens is 15. The zero-order chi connectivity index (χ0) is 104. The number of aryl methyl sites for hydroxylation is 5. The lowest BCUT2D eigenvalue weighted by molar-refractivity contribution is -0.252. The fourth-order valence-electron chi connectivity index (χ4n) is 21.1. The van der Waals surface area contributed by atoms with Crippen molar-refractivity contribution in [2.45, 2.75) is 220 Å². The van der Waals surface area contributed by atoms with Gasteiger partial charge in [-0.25, -0.2) is 34.3 Å². The average Bonchev–Trinajstić information content (AvgIpc) is 1.52. The molecule has 0 N–H and O–H groups in total. The number of rotatable bonds is 21. The molecular weight excluding hydrogens is 1900 g/mol. The fraction of sp³-hybridized carbons (Fsp3) is 0.429. The van der Waals surface area contributed by atoms with Crippen molar-refractivity contribution in [3.05, 3.63) is 233 Å². The number of hydrogen-bond donors (Lipinski definition) is 0. The van der Waals surface area contributed by atoms with Gasteiger partial charge in [0.05, 0.1) is 64.6 Å². The lowest BCUT2D eigenvalue weighted by Crippen LogP contribution is -2.51. The predicted molar refractivity (Wildman–Crippen MR) is 554 cm³/mol. The summed E-state index contributed by atoms with van der Waals surface area (Å²) in [4.78, 5) is 98.6. The summed E-state index contributed by atoms with van der Waals surface area (Å²) in [5.74, 6) is 0.228. The zero-order valence-electron chi connectivity index (χ0n) is 85.2. The molecule has 7 aliphatic rings. The first-order valence-corrected chi connectivity index (χ1v) is 51.2. The molecule has 768 valence electrons. The van der Waals surface area contributed by atoms with Crippen LogP contribution in [0.25, 0.3) is 110 Å². The molecule has 2 spiro atoms. The number of carbonyl (C=O) groups excluding carboxylic acids is 5. The summed E-state index contributed by atoms with van der Waals surface area (Å²) in [6.45, 7) is 22.5. The maximum Gasteiger partial charge on any atom is 0.415 e. The molecule has 35 heteroatoms. The second kappa shape index (κ2) is 43.5. The summed E-state index contributed by atoms with van der Waals surface area (Å²) >= 11 is 1.24. The quantitative estimate of drug-likeness (QED) is 0.0477. The minimum Gasteiger partial charge on any atom is -0.363 e. The third-order valence-corrected chi connectivity index (χ3v) is 30.3. The molecule has 15 aromatic rings. The topological polar surface area (TPSA) is 282 Å². The molecule has 0 radical (unpaired) electrons. The number of alkyl halides is 7. The van der Waals surface area contributed by atoms with Crippen LogP contribution in [0.4, 0.5) is 30.7 Å². The van der Waals surface area contributed by atoms with Gasteiger partial charge in [-0.2, -0.15) is 51.1 Å². The highest BCUT2D eigenvalue weighted by atomic mass is 32.1. The van der Waals surface area contributed by atoms with Crippen LogP contribution in [-0.2, 0) is 70.4 Å². The van der Waals surface area contributed by atoms with E-state index in [0.717, 1.165) is 155 Å². The van der Waals surface area contributed by atoms with Crippen molar-refractivity contribution in [1.82, 2.24) is 97.9 Å². The molecule has 5 aliphatic heterocycles. The normalized spacial score (nSPS) is 19.2. The Labute approximate surface area is 852 Å². The second-order valence-corrected chi connectivity index (χ2v) is 41.7. The second-order valence-electron chi connectivity index (χ2n) is 40.9. The van der Waals surface area contributed by atoms with E-state index in [-0.39, 0.29) is 54.7 Å². The summed E-state index contributed by atoms with van der Waals surface area (Å²) in [7, 11) is 7.53. The van der Waals surface area contributed by atoms with Crippen LogP contribution >= 0.6 is 11.5 Å². The number of pyridine rings is 5. The maximum atomic E-state index is 13.4. The van der Waals surface area contributed by atoms with Gasteiger partial charge in [0.15, 0.2) is 41.1 Å². The molecule has 27 nitrogen and oxygen atoms in total. The highest BCUT2D eigenvalue weighted by Gasteiger charge is 2.50. The lowest BCUT2D eigenvalue weighted by atomic mass is 9.93. The van der Waals surface area contributed by atoms with Gasteiger partial charge in [-0.15, -0.1) is 0 Å². The Kier molecular flexibility index (Phi) is 30.8. The van der Waals surface area contributed by atoms with E-state index in [1.165, 1.54) is 121 Å². The number of carbonyl (C=O) groups is 5. The van der Waals surface area contributed by atoms with Gasteiger partial charge in [0.1, 0.15) is 46.0 Å². The van der Waals surface area contributed by atoms with Crippen molar-refractivity contribution in [2.24, 2.45) is 33.6 Å². The van der Waals surface area contributed by atoms with Gasteiger partial charge in [-0.05, 0) is 246 Å². The van der Waals surface area contributed by atoms with Gasteiger partial charge in [0.2, 0.25) is 0 Å². The number of piperidine rings is 3. The van der Waals surface area contributed by atoms with Crippen molar-refractivity contribution < 1.29 is 64.2 Å².